The van der Waals surface area contributed by atoms with Gasteiger partial charge in [0, 0.05) is 16.0 Å². The van der Waals surface area contributed by atoms with Crippen molar-refractivity contribution in [3.8, 4) is 0 Å². The number of aryl methyl sites for hydroxylation is 1. The third-order valence-electron chi connectivity index (χ3n) is 3.98. The zero-order valence-electron chi connectivity index (χ0n) is 11.3. The molecule has 2 heteroatoms. The second-order valence-electron chi connectivity index (χ2n) is 5.65. The van der Waals surface area contributed by atoms with E-state index in [9.17, 15) is 0 Å². The molecule has 1 saturated carbocycles. The van der Waals surface area contributed by atoms with Crippen molar-refractivity contribution < 1.29 is 0 Å². The molecule has 1 aromatic rings. The molecule has 0 bridgehead atoms. The Morgan fingerprint density at radius 3 is 2.50 bits per heavy atom. The molecule has 0 unspecified atom stereocenters. The fourth-order valence-corrected chi connectivity index (χ4v) is 5.07. The van der Waals surface area contributed by atoms with Crippen LogP contribution in [-0.2, 0) is 0 Å². The standard InChI is InChI=1S/C16H23BrS/c1-14-7-6-8-15(11-14)18-13-16(12-17)9-4-2-3-5-10-16/h6-8,11H,2-5,9-10,12-13H2,1H3. The predicted molar refractivity (Wildman–Crippen MR) is 85.8 cm³/mol. The number of benzene rings is 1. The van der Waals surface area contributed by atoms with Crippen LogP contribution in [0.4, 0.5) is 0 Å². The van der Waals surface area contributed by atoms with E-state index in [0.717, 1.165) is 0 Å². The molecule has 0 heterocycles. The molecule has 0 atom stereocenters. The Morgan fingerprint density at radius 1 is 1.17 bits per heavy atom. The number of thioether (sulfide) groups is 1. The van der Waals surface area contributed by atoms with Gasteiger partial charge < -0.3 is 0 Å². The van der Waals surface area contributed by atoms with E-state index in [4.69, 9.17) is 0 Å². The monoisotopic (exact) mass is 326 g/mol. The first kappa shape index (κ1) is 14.5. The van der Waals surface area contributed by atoms with Crippen LogP contribution in [0.2, 0.25) is 0 Å². The van der Waals surface area contributed by atoms with Crippen LogP contribution in [0.1, 0.15) is 44.1 Å². The van der Waals surface area contributed by atoms with Crippen molar-refractivity contribution in [2.75, 3.05) is 11.1 Å². The van der Waals surface area contributed by atoms with Crippen LogP contribution in [0, 0.1) is 12.3 Å². The van der Waals surface area contributed by atoms with E-state index in [0.29, 0.717) is 5.41 Å². The molecule has 1 aliphatic carbocycles. The first-order valence-corrected chi connectivity index (χ1v) is 9.10. The smallest absolute Gasteiger partial charge is 0.00959 e. The second kappa shape index (κ2) is 7.00. The van der Waals surface area contributed by atoms with Crippen molar-refractivity contribution in [1.29, 1.82) is 0 Å². The fourth-order valence-electron chi connectivity index (χ4n) is 2.74. The minimum atomic E-state index is 0.533. The lowest BCUT2D eigenvalue weighted by atomic mass is 9.85. The van der Waals surface area contributed by atoms with E-state index in [1.54, 1.807) is 0 Å². The summed E-state index contributed by atoms with van der Waals surface area (Å²) < 4.78 is 0. The fraction of sp³-hybridized carbons (Fsp3) is 0.625. The summed E-state index contributed by atoms with van der Waals surface area (Å²) in [6.07, 6.45) is 8.50. The van der Waals surface area contributed by atoms with Crippen LogP contribution >= 0.6 is 27.7 Å². The van der Waals surface area contributed by atoms with Crippen LogP contribution in [0.25, 0.3) is 0 Å². The van der Waals surface area contributed by atoms with Gasteiger partial charge in [-0.15, -0.1) is 11.8 Å². The summed E-state index contributed by atoms with van der Waals surface area (Å²) in [7, 11) is 0. The summed E-state index contributed by atoms with van der Waals surface area (Å²) in [5.74, 6) is 1.27. The molecule has 0 N–H and O–H groups in total. The first-order valence-electron chi connectivity index (χ1n) is 7.00. The van der Waals surface area contributed by atoms with Gasteiger partial charge in [-0.2, -0.15) is 0 Å². The van der Waals surface area contributed by atoms with Crippen LogP contribution in [-0.4, -0.2) is 11.1 Å². The van der Waals surface area contributed by atoms with E-state index in [-0.39, 0.29) is 0 Å². The Balaban J connectivity index is 1.97. The summed E-state index contributed by atoms with van der Waals surface area (Å²) in [6, 6.07) is 8.90. The normalized spacial score (nSPS) is 19.4. The van der Waals surface area contributed by atoms with Gasteiger partial charge in [-0.3, -0.25) is 0 Å². The molecule has 0 aliphatic heterocycles. The highest BCUT2D eigenvalue weighted by Gasteiger charge is 2.29. The van der Waals surface area contributed by atoms with Crippen LogP contribution in [0.5, 0.6) is 0 Å². The topological polar surface area (TPSA) is 0 Å². The zero-order chi connectivity index (χ0) is 12.8. The molecule has 1 aromatic carbocycles. The Labute approximate surface area is 124 Å². The van der Waals surface area contributed by atoms with E-state index in [2.05, 4.69) is 47.1 Å². The van der Waals surface area contributed by atoms with Gasteiger partial charge >= 0.3 is 0 Å². The highest BCUT2D eigenvalue weighted by molar-refractivity contribution is 9.09. The summed E-state index contributed by atoms with van der Waals surface area (Å²) in [5.41, 5.74) is 1.90. The van der Waals surface area contributed by atoms with Gasteiger partial charge in [0.2, 0.25) is 0 Å². The van der Waals surface area contributed by atoms with E-state index in [1.807, 2.05) is 11.8 Å². The van der Waals surface area contributed by atoms with E-state index < -0.39 is 0 Å². The maximum atomic E-state index is 3.78. The van der Waals surface area contributed by atoms with Gasteiger partial charge in [0.05, 0.1) is 0 Å². The zero-order valence-corrected chi connectivity index (χ0v) is 13.7. The van der Waals surface area contributed by atoms with Gasteiger partial charge in [-0.25, -0.2) is 0 Å². The lowest BCUT2D eigenvalue weighted by Gasteiger charge is -2.30. The molecule has 0 saturated heterocycles. The van der Waals surface area contributed by atoms with Crippen molar-refractivity contribution in [3.05, 3.63) is 29.8 Å². The van der Waals surface area contributed by atoms with Crippen LogP contribution in [0.3, 0.4) is 0 Å². The van der Waals surface area contributed by atoms with Crippen molar-refractivity contribution in [1.82, 2.24) is 0 Å². The number of alkyl halides is 1. The third-order valence-corrected chi connectivity index (χ3v) is 6.52. The van der Waals surface area contributed by atoms with E-state index >= 15 is 0 Å². The first-order chi connectivity index (χ1) is 8.74. The maximum Gasteiger partial charge on any atom is 0.00959 e. The lowest BCUT2D eigenvalue weighted by molar-refractivity contribution is 0.334. The number of hydrogen-bond acceptors (Lipinski definition) is 1. The van der Waals surface area contributed by atoms with Gasteiger partial charge in [0.25, 0.3) is 0 Å². The predicted octanol–water partition coefficient (Wildman–Crippen LogP) is 5.82. The van der Waals surface area contributed by atoms with Crippen molar-refractivity contribution >= 4 is 27.7 Å². The quantitative estimate of drug-likeness (QED) is 0.381. The van der Waals surface area contributed by atoms with Gasteiger partial charge in [0.15, 0.2) is 0 Å². The average Bonchev–Trinajstić information content (AvgIpc) is 2.63. The highest BCUT2D eigenvalue weighted by atomic mass is 79.9. The summed E-state index contributed by atoms with van der Waals surface area (Å²) in [4.78, 5) is 1.43. The van der Waals surface area contributed by atoms with E-state index in [1.165, 1.54) is 60.1 Å². The molecule has 0 amide bonds. The molecular weight excluding hydrogens is 304 g/mol. The maximum absolute atomic E-state index is 3.78. The molecule has 0 radical (unpaired) electrons. The lowest BCUT2D eigenvalue weighted by Crippen LogP contribution is -2.25. The summed E-state index contributed by atoms with van der Waals surface area (Å²) >= 11 is 5.82. The molecule has 18 heavy (non-hydrogen) atoms. The van der Waals surface area contributed by atoms with Gasteiger partial charge in [-0.05, 0) is 37.3 Å². The third kappa shape index (κ3) is 4.03. The van der Waals surface area contributed by atoms with Gasteiger partial charge in [0.1, 0.15) is 0 Å². The molecule has 100 valence electrons. The molecular formula is C16H23BrS. The average molecular weight is 327 g/mol. The minimum Gasteiger partial charge on any atom is -0.126 e. The SMILES string of the molecule is Cc1cccc(SCC2(CBr)CCCCCC2)c1. The van der Waals surface area contributed by atoms with Gasteiger partial charge in [-0.1, -0.05) is 59.3 Å². The Kier molecular flexibility index (Phi) is 5.62. The number of hydrogen-bond donors (Lipinski definition) is 0. The Bertz CT molecular complexity index is 367. The number of halogens is 1. The largest absolute Gasteiger partial charge is 0.126 e. The Morgan fingerprint density at radius 2 is 1.89 bits per heavy atom. The molecule has 0 nitrogen and oxygen atoms in total. The highest BCUT2D eigenvalue weighted by Crippen LogP contribution is 2.41. The summed E-state index contributed by atoms with van der Waals surface area (Å²) in [5, 5.41) is 1.17. The molecule has 2 rings (SSSR count). The second-order valence-corrected chi connectivity index (χ2v) is 7.26. The molecule has 1 fully saturated rings. The molecule has 0 aromatic heterocycles. The van der Waals surface area contributed by atoms with Crippen LogP contribution in [0.15, 0.2) is 29.2 Å². The van der Waals surface area contributed by atoms with Crippen molar-refractivity contribution in [2.24, 2.45) is 5.41 Å². The van der Waals surface area contributed by atoms with Crippen molar-refractivity contribution in [3.63, 3.8) is 0 Å². The number of rotatable bonds is 4. The summed E-state index contributed by atoms with van der Waals surface area (Å²) in [6.45, 7) is 2.18. The Hall–Kier alpha value is 0.0500. The van der Waals surface area contributed by atoms with Crippen molar-refractivity contribution in [2.45, 2.75) is 50.3 Å². The minimum absolute atomic E-state index is 0.533. The molecule has 1 aliphatic rings. The van der Waals surface area contributed by atoms with Crippen LogP contribution < -0.4 is 0 Å². The molecule has 0 spiro atoms.